The first-order chi connectivity index (χ1) is 5.85. The zero-order chi connectivity index (χ0) is 8.55. The van der Waals surface area contributed by atoms with Crippen LogP contribution in [0.2, 0.25) is 0 Å². The van der Waals surface area contributed by atoms with Gasteiger partial charge in [0.15, 0.2) is 5.82 Å². The van der Waals surface area contributed by atoms with Gasteiger partial charge in [0.25, 0.3) is 0 Å². The van der Waals surface area contributed by atoms with E-state index in [1.54, 1.807) is 0 Å². The van der Waals surface area contributed by atoms with Gasteiger partial charge in [0.2, 0.25) is 5.89 Å². The predicted molar refractivity (Wildman–Crippen MR) is 50.8 cm³/mol. The fourth-order valence-corrected chi connectivity index (χ4v) is 1.37. The summed E-state index contributed by atoms with van der Waals surface area (Å²) in [4.78, 5) is 4.26. The Balaban J connectivity index is 0.000000845. The van der Waals surface area contributed by atoms with Crippen molar-refractivity contribution < 1.29 is 4.52 Å². The predicted octanol–water partition coefficient (Wildman–Crippen LogP) is 1.12. The maximum absolute atomic E-state index is 5.51. The van der Waals surface area contributed by atoms with Gasteiger partial charge in [0, 0.05) is 12.3 Å². The van der Waals surface area contributed by atoms with Crippen LogP contribution in [-0.4, -0.2) is 16.7 Å². The third kappa shape index (κ3) is 2.00. The Labute approximate surface area is 83.3 Å². The van der Waals surface area contributed by atoms with E-state index in [-0.39, 0.29) is 12.4 Å². The molecule has 0 saturated heterocycles. The number of hydrogen-bond acceptors (Lipinski definition) is 4. The van der Waals surface area contributed by atoms with Gasteiger partial charge in [-0.1, -0.05) is 12.1 Å². The second kappa shape index (κ2) is 4.07. The van der Waals surface area contributed by atoms with Crippen LogP contribution in [0.1, 0.15) is 31.0 Å². The van der Waals surface area contributed by atoms with Crippen LogP contribution in [0.4, 0.5) is 0 Å². The molecule has 4 nitrogen and oxygen atoms in total. The molecule has 0 radical (unpaired) electrons. The van der Waals surface area contributed by atoms with Crippen molar-refractivity contribution in [1.29, 1.82) is 0 Å². The molecule has 0 amide bonds. The van der Waals surface area contributed by atoms with Gasteiger partial charge in [-0.05, 0) is 18.9 Å². The van der Waals surface area contributed by atoms with Gasteiger partial charge in [-0.15, -0.1) is 12.4 Å². The summed E-state index contributed by atoms with van der Waals surface area (Å²) in [6.45, 7) is 2.75. The largest absolute Gasteiger partial charge is 0.339 e. The molecule has 1 aromatic heterocycles. The minimum atomic E-state index is 0. The van der Waals surface area contributed by atoms with Crippen molar-refractivity contribution in [3.8, 4) is 0 Å². The van der Waals surface area contributed by atoms with Crippen LogP contribution in [-0.2, 0) is 6.42 Å². The molecule has 2 rings (SSSR count). The fourth-order valence-electron chi connectivity index (χ4n) is 1.37. The topological polar surface area (TPSA) is 64.9 Å². The molecule has 74 valence electrons. The van der Waals surface area contributed by atoms with E-state index in [2.05, 4.69) is 10.1 Å². The van der Waals surface area contributed by atoms with Crippen LogP contribution in [0.25, 0.3) is 0 Å². The van der Waals surface area contributed by atoms with Crippen molar-refractivity contribution in [3.05, 3.63) is 11.7 Å². The monoisotopic (exact) mass is 203 g/mol. The summed E-state index contributed by atoms with van der Waals surface area (Å²) in [5.74, 6) is 2.60. The van der Waals surface area contributed by atoms with Gasteiger partial charge in [-0.2, -0.15) is 4.98 Å². The maximum Gasteiger partial charge on any atom is 0.230 e. The molecule has 1 aliphatic rings. The number of aromatic nitrogens is 2. The van der Waals surface area contributed by atoms with Gasteiger partial charge >= 0.3 is 0 Å². The molecule has 0 bridgehead atoms. The molecule has 0 aliphatic heterocycles. The lowest BCUT2D eigenvalue weighted by Crippen LogP contribution is -2.02. The summed E-state index contributed by atoms with van der Waals surface area (Å²) in [6, 6.07) is 0. The Morgan fingerprint density at radius 1 is 1.62 bits per heavy atom. The lowest BCUT2D eigenvalue weighted by molar-refractivity contribution is 0.371. The standard InChI is InChI=1S/C8H13N3O.ClH/c1-2-7-10-8(12-11-7)6-3-5(6)4-9;/h5-6H,2-4,9H2,1H3;1H. The first-order valence-electron chi connectivity index (χ1n) is 4.37. The normalized spacial score (nSPS) is 25.4. The molecule has 1 aromatic rings. The average molecular weight is 204 g/mol. The Hall–Kier alpha value is -0.610. The molecule has 0 aromatic carbocycles. The van der Waals surface area contributed by atoms with Crippen molar-refractivity contribution >= 4 is 12.4 Å². The van der Waals surface area contributed by atoms with Crippen molar-refractivity contribution in [2.45, 2.75) is 25.7 Å². The average Bonchev–Trinajstić information content (AvgIpc) is 2.75. The Bertz CT molecular complexity index is 276. The molecule has 13 heavy (non-hydrogen) atoms. The summed E-state index contributed by atoms with van der Waals surface area (Å²) in [6.07, 6.45) is 1.95. The smallest absolute Gasteiger partial charge is 0.230 e. The Kier molecular flexibility index (Phi) is 3.27. The molecular weight excluding hydrogens is 190 g/mol. The highest BCUT2D eigenvalue weighted by Crippen LogP contribution is 2.45. The lowest BCUT2D eigenvalue weighted by Gasteiger charge is -1.87. The van der Waals surface area contributed by atoms with Crippen molar-refractivity contribution in [2.24, 2.45) is 11.7 Å². The maximum atomic E-state index is 5.51. The van der Waals surface area contributed by atoms with Crippen LogP contribution >= 0.6 is 12.4 Å². The van der Waals surface area contributed by atoms with E-state index in [0.29, 0.717) is 11.8 Å². The fraction of sp³-hybridized carbons (Fsp3) is 0.750. The molecule has 2 unspecified atom stereocenters. The summed E-state index contributed by atoms with van der Waals surface area (Å²) in [7, 11) is 0. The molecular formula is C8H14ClN3O. The summed E-state index contributed by atoms with van der Waals surface area (Å²) >= 11 is 0. The minimum Gasteiger partial charge on any atom is -0.339 e. The van der Waals surface area contributed by atoms with Crippen LogP contribution < -0.4 is 5.73 Å². The second-order valence-electron chi connectivity index (χ2n) is 3.24. The molecule has 1 heterocycles. The van der Waals surface area contributed by atoms with Crippen molar-refractivity contribution in [3.63, 3.8) is 0 Å². The summed E-state index contributed by atoms with van der Waals surface area (Å²) in [5.41, 5.74) is 5.51. The molecule has 2 N–H and O–H groups in total. The SMILES string of the molecule is CCc1noc(C2CC2CN)n1.Cl. The van der Waals surface area contributed by atoms with Crippen molar-refractivity contribution in [2.75, 3.05) is 6.54 Å². The third-order valence-corrected chi connectivity index (χ3v) is 2.34. The quantitative estimate of drug-likeness (QED) is 0.800. The van der Waals surface area contributed by atoms with Gasteiger partial charge in [-0.25, -0.2) is 0 Å². The number of hydrogen-bond donors (Lipinski definition) is 1. The molecule has 5 heteroatoms. The second-order valence-corrected chi connectivity index (χ2v) is 3.24. The van der Waals surface area contributed by atoms with E-state index in [0.717, 1.165) is 31.1 Å². The summed E-state index contributed by atoms with van der Waals surface area (Å²) in [5, 5.41) is 3.84. The molecule has 2 atom stereocenters. The highest BCUT2D eigenvalue weighted by atomic mass is 35.5. The van der Waals surface area contributed by atoms with E-state index < -0.39 is 0 Å². The number of halogens is 1. The van der Waals surface area contributed by atoms with E-state index in [1.807, 2.05) is 6.92 Å². The van der Waals surface area contributed by atoms with Crippen LogP contribution in [0, 0.1) is 5.92 Å². The van der Waals surface area contributed by atoms with Gasteiger partial charge < -0.3 is 10.3 Å². The Morgan fingerprint density at radius 2 is 2.38 bits per heavy atom. The Morgan fingerprint density at radius 3 is 2.85 bits per heavy atom. The molecule has 0 spiro atoms. The third-order valence-electron chi connectivity index (χ3n) is 2.34. The van der Waals surface area contributed by atoms with E-state index in [1.165, 1.54) is 0 Å². The number of nitrogens with two attached hydrogens (primary N) is 1. The lowest BCUT2D eigenvalue weighted by atomic mass is 10.3. The zero-order valence-electron chi connectivity index (χ0n) is 7.56. The van der Waals surface area contributed by atoms with Gasteiger partial charge in [0.1, 0.15) is 0 Å². The molecule has 1 aliphatic carbocycles. The number of nitrogens with zero attached hydrogens (tertiary/aromatic N) is 2. The van der Waals surface area contributed by atoms with E-state index >= 15 is 0 Å². The molecule has 1 saturated carbocycles. The first kappa shape index (κ1) is 10.5. The van der Waals surface area contributed by atoms with Gasteiger partial charge in [0.05, 0.1) is 0 Å². The summed E-state index contributed by atoms with van der Waals surface area (Å²) < 4.78 is 5.09. The number of rotatable bonds is 3. The first-order valence-corrected chi connectivity index (χ1v) is 4.37. The van der Waals surface area contributed by atoms with Gasteiger partial charge in [-0.3, -0.25) is 0 Å². The minimum absolute atomic E-state index is 0. The molecule has 1 fully saturated rings. The zero-order valence-corrected chi connectivity index (χ0v) is 8.38. The van der Waals surface area contributed by atoms with Crippen molar-refractivity contribution in [1.82, 2.24) is 10.1 Å². The van der Waals surface area contributed by atoms with Crippen LogP contribution in [0.15, 0.2) is 4.52 Å². The van der Waals surface area contributed by atoms with Crippen LogP contribution in [0.3, 0.4) is 0 Å². The van der Waals surface area contributed by atoms with Crippen LogP contribution in [0.5, 0.6) is 0 Å². The number of aryl methyl sites for hydroxylation is 1. The van der Waals surface area contributed by atoms with E-state index in [4.69, 9.17) is 10.3 Å². The highest BCUT2D eigenvalue weighted by Gasteiger charge is 2.41. The highest BCUT2D eigenvalue weighted by molar-refractivity contribution is 5.85. The van der Waals surface area contributed by atoms with E-state index in [9.17, 15) is 0 Å².